The van der Waals surface area contributed by atoms with Gasteiger partial charge in [-0.15, -0.1) is 0 Å². The van der Waals surface area contributed by atoms with Crippen LogP contribution in [0.15, 0.2) is 66.7 Å². The van der Waals surface area contributed by atoms with E-state index in [1.807, 2.05) is 6.07 Å². The van der Waals surface area contributed by atoms with Gasteiger partial charge in [0, 0.05) is 11.1 Å². The summed E-state index contributed by atoms with van der Waals surface area (Å²) in [5.74, 6) is 0.137. The van der Waals surface area contributed by atoms with Gasteiger partial charge in [-0.1, -0.05) is 42.5 Å². The number of ketones is 2. The predicted molar refractivity (Wildman–Crippen MR) is 72.3 cm³/mol. The van der Waals surface area contributed by atoms with Crippen LogP contribution in [0.3, 0.4) is 0 Å². The van der Waals surface area contributed by atoms with Gasteiger partial charge < -0.3 is 5.11 Å². The van der Waals surface area contributed by atoms with E-state index < -0.39 is 0 Å². The minimum absolute atomic E-state index is 0.0924. The molecule has 0 heterocycles. The van der Waals surface area contributed by atoms with E-state index in [2.05, 4.69) is 0 Å². The van der Waals surface area contributed by atoms with Gasteiger partial charge in [-0.05, 0) is 24.3 Å². The van der Waals surface area contributed by atoms with Crippen LogP contribution in [0, 0.1) is 0 Å². The number of carbonyl (C=O) groups excluding carboxylic acids is 2. The van der Waals surface area contributed by atoms with Gasteiger partial charge in [0.2, 0.25) is 0 Å². The molecule has 0 spiro atoms. The maximum Gasteiger partial charge on any atom is 0.186 e. The van der Waals surface area contributed by atoms with Crippen molar-refractivity contribution in [1.29, 1.82) is 0 Å². The van der Waals surface area contributed by atoms with Crippen molar-refractivity contribution in [2.45, 2.75) is 0 Å². The molecule has 1 aliphatic carbocycles. The van der Waals surface area contributed by atoms with Gasteiger partial charge >= 0.3 is 0 Å². The summed E-state index contributed by atoms with van der Waals surface area (Å²) in [6.45, 7) is 0. The second-order valence-electron chi connectivity index (χ2n) is 3.94. The van der Waals surface area contributed by atoms with Crippen molar-refractivity contribution in [1.82, 2.24) is 0 Å². The fourth-order valence-corrected chi connectivity index (χ4v) is 1.67. The number of para-hydroxylation sites is 1. The van der Waals surface area contributed by atoms with Crippen LogP contribution >= 0.6 is 0 Å². The first kappa shape index (κ1) is 12.8. The molecule has 19 heavy (non-hydrogen) atoms. The second-order valence-corrected chi connectivity index (χ2v) is 3.94. The van der Waals surface area contributed by atoms with Crippen molar-refractivity contribution >= 4 is 11.6 Å². The molecule has 0 aliphatic heterocycles. The van der Waals surface area contributed by atoms with Crippen LogP contribution in [0.1, 0.15) is 20.7 Å². The molecule has 2 aromatic carbocycles. The van der Waals surface area contributed by atoms with E-state index in [0.717, 1.165) is 0 Å². The van der Waals surface area contributed by atoms with E-state index in [1.165, 1.54) is 12.2 Å². The van der Waals surface area contributed by atoms with Crippen molar-refractivity contribution in [2.24, 2.45) is 0 Å². The summed E-state index contributed by atoms with van der Waals surface area (Å²) >= 11 is 0. The zero-order valence-electron chi connectivity index (χ0n) is 10.1. The minimum Gasteiger partial charge on any atom is -0.508 e. The number of benzene rings is 2. The average Bonchev–Trinajstić information content (AvgIpc) is 2.45. The van der Waals surface area contributed by atoms with Gasteiger partial charge in [-0.3, -0.25) is 9.59 Å². The molecule has 0 unspecified atom stereocenters. The van der Waals surface area contributed by atoms with E-state index in [1.54, 1.807) is 48.5 Å². The topological polar surface area (TPSA) is 54.4 Å². The zero-order chi connectivity index (χ0) is 13.7. The Morgan fingerprint density at radius 3 is 1.42 bits per heavy atom. The summed E-state index contributed by atoms with van der Waals surface area (Å²) in [4.78, 5) is 22.4. The maximum absolute atomic E-state index is 11.2. The molecule has 2 aromatic rings. The Morgan fingerprint density at radius 1 is 0.632 bits per heavy atom. The normalized spacial score (nSPS) is 12.4. The Labute approximate surface area is 110 Å². The van der Waals surface area contributed by atoms with E-state index in [4.69, 9.17) is 5.11 Å². The number of phenols is 1. The molecule has 0 fully saturated rings. The minimum atomic E-state index is -0.0924. The maximum atomic E-state index is 11.2. The van der Waals surface area contributed by atoms with Gasteiger partial charge in [0.25, 0.3) is 0 Å². The molecular weight excluding hydrogens is 240 g/mol. The largest absolute Gasteiger partial charge is 0.508 e. The van der Waals surface area contributed by atoms with Crippen LogP contribution in [-0.2, 0) is 0 Å². The average molecular weight is 252 g/mol. The third-order valence-electron chi connectivity index (χ3n) is 2.60. The highest BCUT2D eigenvalue weighted by Gasteiger charge is 2.16. The van der Waals surface area contributed by atoms with Crippen LogP contribution in [0.4, 0.5) is 0 Å². The summed E-state index contributed by atoms with van der Waals surface area (Å²) in [6.07, 6.45) is 2.62. The van der Waals surface area contributed by atoms with Crippen molar-refractivity contribution in [3.05, 3.63) is 77.9 Å². The quantitative estimate of drug-likeness (QED) is 0.784. The van der Waals surface area contributed by atoms with Gasteiger partial charge in [0.15, 0.2) is 11.6 Å². The van der Waals surface area contributed by atoms with E-state index in [-0.39, 0.29) is 11.6 Å². The van der Waals surface area contributed by atoms with Crippen LogP contribution in [0.25, 0.3) is 0 Å². The molecule has 0 saturated carbocycles. The molecule has 0 saturated heterocycles. The number of hydrogen-bond donors (Lipinski definition) is 1. The van der Waals surface area contributed by atoms with Crippen LogP contribution in [0.2, 0.25) is 0 Å². The Hall–Kier alpha value is -2.68. The molecule has 1 N–H and O–H groups in total. The van der Waals surface area contributed by atoms with Crippen molar-refractivity contribution < 1.29 is 14.7 Å². The Balaban J connectivity index is 0.000000163. The number of fused-ring (bicyclic) bond motifs is 1. The lowest BCUT2D eigenvalue weighted by atomic mass is 9.95. The smallest absolute Gasteiger partial charge is 0.186 e. The molecule has 0 atom stereocenters. The monoisotopic (exact) mass is 252 g/mol. The third-order valence-corrected chi connectivity index (χ3v) is 2.60. The summed E-state index contributed by atoms with van der Waals surface area (Å²) in [7, 11) is 0. The van der Waals surface area contributed by atoms with Crippen molar-refractivity contribution in [2.75, 3.05) is 0 Å². The third kappa shape index (κ3) is 3.16. The van der Waals surface area contributed by atoms with Gasteiger partial charge in [-0.25, -0.2) is 0 Å². The number of aromatic hydroxyl groups is 1. The molecule has 0 amide bonds. The number of allylic oxidation sites excluding steroid dienone is 2. The lowest BCUT2D eigenvalue weighted by Crippen LogP contribution is -2.10. The van der Waals surface area contributed by atoms with E-state index >= 15 is 0 Å². The Bertz CT molecular complexity index is 590. The molecule has 0 bridgehead atoms. The number of hydrogen-bond acceptors (Lipinski definition) is 3. The SMILES string of the molecule is O=C1C=CC(=O)c2ccccc21.Oc1ccccc1. The highest BCUT2D eigenvalue weighted by atomic mass is 16.3. The zero-order valence-corrected chi connectivity index (χ0v) is 10.1. The molecule has 3 heteroatoms. The van der Waals surface area contributed by atoms with Gasteiger partial charge in [-0.2, -0.15) is 0 Å². The summed E-state index contributed by atoms with van der Waals surface area (Å²) in [5, 5.41) is 8.63. The van der Waals surface area contributed by atoms with Gasteiger partial charge in [0.05, 0.1) is 0 Å². The molecule has 3 rings (SSSR count). The molecule has 94 valence electrons. The fourth-order valence-electron chi connectivity index (χ4n) is 1.67. The molecule has 0 radical (unpaired) electrons. The highest BCUT2D eigenvalue weighted by Crippen LogP contribution is 2.15. The first-order valence-corrected chi connectivity index (χ1v) is 5.78. The molecule has 3 nitrogen and oxygen atoms in total. The van der Waals surface area contributed by atoms with Gasteiger partial charge in [0.1, 0.15) is 5.75 Å². The van der Waals surface area contributed by atoms with E-state index in [0.29, 0.717) is 16.9 Å². The molecule has 1 aliphatic rings. The Morgan fingerprint density at radius 2 is 1.05 bits per heavy atom. The Kier molecular flexibility index (Phi) is 3.88. The lowest BCUT2D eigenvalue weighted by molar-refractivity contribution is 0.0994. The number of phenolic OH excluding ortho intramolecular Hbond substituents is 1. The predicted octanol–water partition coefficient (Wildman–Crippen LogP) is 3.01. The highest BCUT2D eigenvalue weighted by molar-refractivity contribution is 6.21. The van der Waals surface area contributed by atoms with Crippen molar-refractivity contribution in [3.8, 4) is 5.75 Å². The second kappa shape index (κ2) is 5.78. The van der Waals surface area contributed by atoms with Crippen LogP contribution in [-0.4, -0.2) is 16.7 Å². The molecule has 0 aromatic heterocycles. The summed E-state index contributed by atoms with van der Waals surface area (Å²) < 4.78 is 0. The number of rotatable bonds is 0. The first-order valence-electron chi connectivity index (χ1n) is 5.78. The summed E-state index contributed by atoms with van der Waals surface area (Å²) in [5.41, 5.74) is 1.01. The lowest BCUT2D eigenvalue weighted by Gasteiger charge is -2.06. The fraction of sp³-hybridized carbons (Fsp3) is 0. The van der Waals surface area contributed by atoms with Crippen molar-refractivity contribution in [3.63, 3.8) is 0 Å². The van der Waals surface area contributed by atoms with E-state index in [9.17, 15) is 9.59 Å². The molecular formula is C16H12O3. The summed E-state index contributed by atoms with van der Waals surface area (Å²) in [6, 6.07) is 15.6. The first-order chi connectivity index (χ1) is 9.18. The standard InChI is InChI=1S/C10H6O2.C6H6O/c11-9-5-6-10(12)8-4-2-1-3-7(8)9;7-6-4-2-1-3-5-6/h1-6H;1-5,7H. The van der Waals surface area contributed by atoms with Crippen LogP contribution in [0.5, 0.6) is 5.75 Å². The number of carbonyl (C=O) groups is 2. The van der Waals surface area contributed by atoms with Crippen LogP contribution < -0.4 is 0 Å².